The Kier molecular flexibility index (Phi) is 4.94. The normalized spacial score (nSPS) is 10.8. The smallest absolute Gasteiger partial charge is 0.358 e. The van der Waals surface area contributed by atoms with Crippen molar-refractivity contribution in [2.45, 2.75) is 20.0 Å². The van der Waals surface area contributed by atoms with Gasteiger partial charge in [-0.2, -0.15) is 5.10 Å². The van der Waals surface area contributed by atoms with Gasteiger partial charge in [-0.25, -0.2) is 9.48 Å². The molecule has 112 valence electrons. The average molecular weight is 289 g/mol. The lowest BCUT2D eigenvalue weighted by Gasteiger charge is -2.07. The molecule has 0 amide bonds. The number of benzene rings is 1. The fourth-order valence-electron chi connectivity index (χ4n) is 1.76. The second-order valence-corrected chi connectivity index (χ2v) is 4.76. The molecule has 1 aromatic carbocycles. The Labute approximate surface area is 123 Å². The summed E-state index contributed by atoms with van der Waals surface area (Å²) in [6.45, 7) is 4.43. The quantitative estimate of drug-likeness (QED) is 0.500. The number of nitrogens with two attached hydrogens (primary N) is 1. The van der Waals surface area contributed by atoms with Crippen LogP contribution in [0.1, 0.15) is 24.3 Å². The van der Waals surface area contributed by atoms with Crippen LogP contribution in [0.15, 0.2) is 36.5 Å². The number of hydrogen-bond donors (Lipinski definition) is 1. The Bertz CT molecular complexity index is 608. The first-order valence-corrected chi connectivity index (χ1v) is 6.77. The second-order valence-electron chi connectivity index (χ2n) is 4.76. The standard InChI is InChI=1S/C15H19N3O3/c1-11(2)20-9-10-21-15(19)13-7-8-18(17-13)14-6-4-3-5-12(14)16/h3-8,11H,9-10,16H2,1-2H3. The number of nitrogens with zero attached hydrogens (tertiary/aromatic N) is 2. The fourth-order valence-corrected chi connectivity index (χ4v) is 1.76. The van der Waals surface area contributed by atoms with E-state index in [2.05, 4.69) is 5.10 Å². The molecule has 0 spiro atoms. The van der Waals surface area contributed by atoms with Crippen molar-refractivity contribution in [2.75, 3.05) is 18.9 Å². The third-order valence-electron chi connectivity index (χ3n) is 2.75. The van der Waals surface area contributed by atoms with Gasteiger partial charge in [0.25, 0.3) is 0 Å². The molecule has 0 fully saturated rings. The molecular formula is C15H19N3O3. The summed E-state index contributed by atoms with van der Waals surface area (Å²) in [5.41, 5.74) is 7.42. The number of esters is 1. The van der Waals surface area contributed by atoms with Crippen LogP contribution in [0, 0.1) is 0 Å². The fraction of sp³-hybridized carbons (Fsp3) is 0.333. The molecule has 0 atom stereocenters. The number of rotatable bonds is 6. The van der Waals surface area contributed by atoms with Gasteiger partial charge in [-0.1, -0.05) is 12.1 Å². The monoisotopic (exact) mass is 289 g/mol. The summed E-state index contributed by atoms with van der Waals surface area (Å²) >= 11 is 0. The van der Waals surface area contributed by atoms with Crippen LogP contribution in [0.3, 0.4) is 0 Å². The van der Waals surface area contributed by atoms with Gasteiger partial charge in [0.05, 0.1) is 24.1 Å². The third-order valence-corrected chi connectivity index (χ3v) is 2.75. The summed E-state index contributed by atoms with van der Waals surface area (Å²) in [6, 6.07) is 8.89. The Morgan fingerprint density at radius 1 is 1.29 bits per heavy atom. The molecule has 0 saturated carbocycles. The highest BCUT2D eigenvalue weighted by Crippen LogP contribution is 2.15. The van der Waals surface area contributed by atoms with Crippen molar-refractivity contribution in [3.63, 3.8) is 0 Å². The lowest BCUT2D eigenvalue weighted by molar-refractivity contribution is 0.0172. The molecule has 0 saturated heterocycles. The van der Waals surface area contributed by atoms with E-state index in [0.29, 0.717) is 12.3 Å². The molecule has 0 aliphatic heterocycles. The predicted molar refractivity (Wildman–Crippen MR) is 79.3 cm³/mol. The third kappa shape index (κ3) is 4.06. The van der Waals surface area contributed by atoms with E-state index >= 15 is 0 Å². The maximum absolute atomic E-state index is 11.8. The predicted octanol–water partition coefficient (Wildman–Crippen LogP) is 2.04. The minimum absolute atomic E-state index is 0.115. The van der Waals surface area contributed by atoms with Crippen LogP contribution in [0.5, 0.6) is 0 Å². The van der Waals surface area contributed by atoms with Crippen molar-refractivity contribution in [2.24, 2.45) is 0 Å². The van der Waals surface area contributed by atoms with Gasteiger partial charge >= 0.3 is 5.97 Å². The summed E-state index contributed by atoms with van der Waals surface area (Å²) in [5.74, 6) is -0.476. The van der Waals surface area contributed by atoms with Crippen molar-refractivity contribution < 1.29 is 14.3 Å². The van der Waals surface area contributed by atoms with E-state index in [1.165, 1.54) is 0 Å². The van der Waals surface area contributed by atoms with Gasteiger partial charge in [0.2, 0.25) is 0 Å². The molecule has 2 N–H and O–H groups in total. The van der Waals surface area contributed by atoms with E-state index in [1.807, 2.05) is 32.0 Å². The van der Waals surface area contributed by atoms with E-state index in [4.69, 9.17) is 15.2 Å². The molecule has 0 aliphatic rings. The number of ether oxygens (including phenoxy) is 2. The van der Waals surface area contributed by atoms with Crippen LogP contribution >= 0.6 is 0 Å². The topological polar surface area (TPSA) is 79.4 Å². The molecule has 1 heterocycles. The van der Waals surface area contributed by atoms with E-state index in [9.17, 15) is 4.79 Å². The van der Waals surface area contributed by atoms with Crippen molar-refractivity contribution >= 4 is 11.7 Å². The number of carbonyl (C=O) groups is 1. The highest BCUT2D eigenvalue weighted by atomic mass is 16.6. The van der Waals surface area contributed by atoms with Gasteiger partial charge < -0.3 is 15.2 Å². The van der Waals surface area contributed by atoms with Crippen LogP contribution in [0.25, 0.3) is 5.69 Å². The van der Waals surface area contributed by atoms with Gasteiger partial charge in [-0.3, -0.25) is 0 Å². The maximum Gasteiger partial charge on any atom is 0.358 e. The zero-order valence-corrected chi connectivity index (χ0v) is 12.2. The first kappa shape index (κ1) is 15.1. The molecule has 2 rings (SSSR count). The number of hydrogen-bond acceptors (Lipinski definition) is 5. The van der Waals surface area contributed by atoms with Crippen LogP contribution in [-0.2, 0) is 9.47 Å². The molecule has 6 heteroatoms. The minimum Gasteiger partial charge on any atom is -0.458 e. The van der Waals surface area contributed by atoms with Crippen LogP contribution < -0.4 is 5.73 Å². The van der Waals surface area contributed by atoms with Gasteiger partial charge in [-0.05, 0) is 32.0 Å². The zero-order chi connectivity index (χ0) is 15.2. The van der Waals surface area contributed by atoms with E-state index < -0.39 is 5.97 Å². The van der Waals surface area contributed by atoms with E-state index in [-0.39, 0.29) is 18.4 Å². The SMILES string of the molecule is CC(C)OCCOC(=O)c1ccn(-c2ccccc2N)n1. The van der Waals surface area contributed by atoms with Crippen LogP contribution in [0.4, 0.5) is 5.69 Å². The molecule has 0 aliphatic carbocycles. The molecule has 21 heavy (non-hydrogen) atoms. The summed E-state index contributed by atoms with van der Waals surface area (Å²) < 4.78 is 11.9. The first-order valence-electron chi connectivity index (χ1n) is 6.77. The number of para-hydroxylation sites is 2. The molecular weight excluding hydrogens is 270 g/mol. The average Bonchev–Trinajstić information content (AvgIpc) is 2.93. The van der Waals surface area contributed by atoms with Gasteiger partial charge in [0, 0.05) is 6.20 Å². The highest BCUT2D eigenvalue weighted by Gasteiger charge is 2.12. The summed E-state index contributed by atoms with van der Waals surface area (Å²) in [4.78, 5) is 11.8. The molecule has 0 unspecified atom stereocenters. The molecule has 6 nitrogen and oxygen atoms in total. The molecule has 2 aromatic rings. The molecule has 0 bridgehead atoms. The maximum atomic E-state index is 11.8. The first-order chi connectivity index (χ1) is 10.1. The van der Waals surface area contributed by atoms with Gasteiger partial charge in [-0.15, -0.1) is 0 Å². The number of anilines is 1. The zero-order valence-electron chi connectivity index (χ0n) is 12.2. The van der Waals surface area contributed by atoms with Crippen LogP contribution in [0.2, 0.25) is 0 Å². The summed E-state index contributed by atoms with van der Waals surface area (Å²) in [7, 11) is 0. The van der Waals surface area contributed by atoms with Gasteiger partial charge in [0.1, 0.15) is 6.61 Å². The second kappa shape index (κ2) is 6.90. The van der Waals surface area contributed by atoms with Crippen molar-refractivity contribution in [3.8, 4) is 5.69 Å². The van der Waals surface area contributed by atoms with Crippen molar-refractivity contribution in [3.05, 3.63) is 42.2 Å². The molecule has 1 aromatic heterocycles. The van der Waals surface area contributed by atoms with Gasteiger partial charge in [0.15, 0.2) is 5.69 Å². The minimum atomic E-state index is -0.476. The Hall–Kier alpha value is -2.34. The highest BCUT2D eigenvalue weighted by molar-refractivity contribution is 5.87. The Morgan fingerprint density at radius 3 is 2.76 bits per heavy atom. The van der Waals surface area contributed by atoms with Crippen molar-refractivity contribution in [1.29, 1.82) is 0 Å². The number of aromatic nitrogens is 2. The summed E-state index contributed by atoms with van der Waals surface area (Å²) in [6.07, 6.45) is 1.79. The lowest BCUT2D eigenvalue weighted by Crippen LogP contribution is -2.14. The summed E-state index contributed by atoms with van der Waals surface area (Å²) in [5, 5.41) is 4.18. The lowest BCUT2D eigenvalue weighted by atomic mass is 10.3. The Balaban J connectivity index is 1.97. The van der Waals surface area contributed by atoms with E-state index in [0.717, 1.165) is 5.69 Å². The Morgan fingerprint density at radius 2 is 2.05 bits per heavy atom. The van der Waals surface area contributed by atoms with Crippen molar-refractivity contribution in [1.82, 2.24) is 9.78 Å². The van der Waals surface area contributed by atoms with E-state index in [1.54, 1.807) is 23.0 Å². The number of nitrogen functional groups attached to an aromatic ring is 1. The largest absolute Gasteiger partial charge is 0.458 e. The van der Waals surface area contributed by atoms with Crippen LogP contribution in [-0.4, -0.2) is 35.1 Å². The number of carbonyl (C=O) groups excluding carboxylic acids is 1. The molecule has 0 radical (unpaired) electrons.